The maximum atomic E-state index is 12.7. The fourth-order valence-electron chi connectivity index (χ4n) is 2.77. The molecular formula is C15H17N7O. The van der Waals surface area contributed by atoms with Gasteiger partial charge in [-0.05, 0) is 31.9 Å². The van der Waals surface area contributed by atoms with E-state index < -0.39 is 0 Å². The van der Waals surface area contributed by atoms with Crippen molar-refractivity contribution in [2.45, 2.75) is 25.8 Å². The molecule has 4 rings (SSSR count). The SMILES string of the molecule is Cc1nnc(NC(=O)c2cnn(C)c2-n2cccc2)n1C1CC1. The summed E-state index contributed by atoms with van der Waals surface area (Å²) in [5.74, 6) is 1.79. The van der Waals surface area contributed by atoms with Crippen LogP contribution in [0.4, 0.5) is 5.95 Å². The number of rotatable bonds is 4. The largest absolute Gasteiger partial charge is 0.308 e. The number of nitrogens with one attached hydrogen (secondary N) is 1. The van der Waals surface area contributed by atoms with Gasteiger partial charge in [-0.2, -0.15) is 5.10 Å². The number of hydrogen-bond donors (Lipinski definition) is 1. The molecule has 0 atom stereocenters. The van der Waals surface area contributed by atoms with Crippen molar-refractivity contribution >= 4 is 11.9 Å². The molecule has 0 bridgehead atoms. The molecule has 0 aliphatic heterocycles. The van der Waals surface area contributed by atoms with Crippen LogP contribution < -0.4 is 5.32 Å². The Morgan fingerprint density at radius 3 is 2.70 bits per heavy atom. The lowest BCUT2D eigenvalue weighted by Crippen LogP contribution is -2.18. The van der Waals surface area contributed by atoms with E-state index in [2.05, 4.69) is 20.6 Å². The molecule has 1 aliphatic carbocycles. The van der Waals surface area contributed by atoms with Gasteiger partial charge in [0.1, 0.15) is 17.2 Å². The van der Waals surface area contributed by atoms with E-state index in [-0.39, 0.29) is 5.91 Å². The van der Waals surface area contributed by atoms with E-state index in [9.17, 15) is 4.79 Å². The van der Waals surface area contributed by atoms with Crippen LogP contribution in [0.2, 0.25) is 0 Å². The van der Waals surface area contributed by atoms with E-state index in [1.807, 2.05) is 47.6 Å². The standard InChI is InChI=1S/C15H17N7O/c1-10-18-19-15(22(10)11-5-6-11)17-13(23)12-9-16-20(2)14(12)21-7-3-4-8-21/h3-4,7-9,11H,5-6H2,1-2H3,(H,17,19,23). The minimum atomic E-state index is -0.240. The van der Waals surface area contributed by atoms with Crippen LogP contribution in [0.25, 0.3) is 5.82 Å². The molecular weight excluding hydrogens is 294 g/mol. The number of aromatic nitrogens is 6. The fourth-order valence-corrected chi connectivity index (χ4v) is 2.77. The van der Waals surface area contributed by atoms with Gasteiger partial charge in [0.2, 0.25) is 5.95 Å². The quantitative estimate of drug-likeness (QED) is 0.795. The third kappa shape index (κ3) is 2.32. The van der Waals surface area contributed by atoms with Gasteiger partial charge in [0.05, 0.1) is 6.20 Å². The molecule has 1 amide bonds. The molecule has 1 aliphatic rings. The summed E-state index contributed by atoms with van der Waals surface area (Å²) in [4.78, 5) is 12.7. The second-order valence-electron chi connectivity index (χ2n) is 5.72. The maximum absolute atomic E-state index is 12.7. The van der Waals surface area contributed by atoms with Gasteiger partial charge in [-0.15, -0.1) is 10.2 Å². The van der Waals surface area contributed by atoms with Gasteiger partial charge in [0, 0.05) is 25.5 Å². The summed E-state index contributed by atoms with van der Waals surface area (Å²) < 4.78 is 5.52. The van der Waals surface area contributed by atoms with Crippen LogP contribution in [0.3, 0.4) is 0 Å². The topological polar surface area (TPSA) is 82.6 Å². The summed E-state index contributed by atoms with van der Waals surface area (Å²) in [5, 5.41) is 15.2. The van der Waals surface area contributed by atoms with Gasteiger partial charge in [-0.3, -0.25) is 19.4 Å². The second-order valence-corrected chi connectivity index (χ2v) is 5.72. The summed E-state index contributed by atoms with van der Waals surface area (Å²) in [7, 11) is 1.81. The average molecular weight is 311 g/mol. The Balaban J connectivity index is 1.66. The zero-order valence-corrected chi connectivity index (χ0v) is 13.0. The van der Waals surface area contributed by atoms with Crippen molar-refractivity contribution in [2.75, 3.05) is 5.32 Å². The van der Waals surface area contributed by atoms with E-state index in [1.54, 1.807) is 10.9 Å². The summed E-state index contributed by atoms with van der Waals surface area (Å²) in [5.41, 5.74) is 0.492. The zero-order chi connectivity index (χ0) is 16.0. The van der Waals surface area contributed by atoms with E-state index in [4.69, 9.17) is 0 Å². The number of hydrogen-bond acceptors (Lipinski definition) is 4. The Morgan fingerprint density at radius 1 is 1.26 bits per heavy atom. The van der Waals surface area contributed by atoms with Crippen LogP contribution in [0.5, 0.6) is 0 Å². The maximum Gasteiger partial charge on any atom is 0.263 e. The second kappa shape index (κ2) is 5.08. The molecule has 1 saturated carbocycles. The van der Waals surface area contributed by atoms with E-state index in [1.165, 1.54) is 0 Å². The molecule has 0 unspecified atom stereocenters. The van der Waals surface area contributed by atoms with Crippen LogP contribution in [-0.2, 0) is 7.05 Å². The van der Waals surface area contributed by atoms with Crippen LogP contribution in [0.1, 0.15) is 35.1 Å². The van der Waals surface area contributed by atoms with E-state index in [0.29, 0.717) is 23.4 Å². The van der Waals surface area contributed by atoms with Gasteiger partial charge >= 0.3 is 0 Å². The molecule has 0 radical (unpaired) electrons. The van der Waals surface area contributed by atoms with Crippen molar-refractivity contribution in [3.8, 4) is 5.82 Å². The first-order chi connectivity index (χ1) is 11.1. The smallest absolute Gasteiger partial charge is 0.263 e. The third-order valence-electron chi connectivity index (χ3n) is 4.00. The number of anilines is 1. The number of carbonyl (C=O) groups excluding carboxylic acids is 1. The Hall–Kier alpha value is -2.90. The molecule has 1 fully saturated rings. The summed E-state index contributed by atoms with van der Waals surface area (Å²) >= 11 is 0. The van der Waals surface area contributed by atoms with Gasteiger partial charge in [-0.25, -0.2) is 0 Å². The van der Waals surface area contributed by atoms with E-state index >= 15 is 0 Å². The first-order valence-corrected chi connectivity index (χ1v) is 7.53. The summed E-state index contributed by atoms with van der Waals surface area (Å²) in [6.07, 6.45) is 7.52. The highest BCUT2D eigenvalue weighted by atomic mass is 16.2. The van der Waals surface area contributed by atoms with Crippen molar-refractivity contribution in [3.05, 3.63) is 42.1 Å². The van der Waals surface area contributed by atoms with Crippen molar-refractivity contribution < 1.29 is 4.79 Å². The zero-order valence-electron chi connectivity index (χ0n) is 13.0. The molecule has 1 N–H and O–H groups in total. The lowest BCUT2D eigenvalue weighted by Gasteiger charge is -2.09. The lowest BCUT2D eigenvalue weighted by molar-refractivity contribution is 0.102. The normalized spacial score (nSPS) is 14.2. The molecule has 8 heteroatoms. The van der Waals surface area contributed by atoms with Gasteiger partial charge in [0.15, 0.2) is 0 Å². The molecule has 3 aromatic heterocycles. The Morgan fingerprint density at radius 2 is 2.00 bits per heavy atom. The highest BCUT2D eigenvalue weighted by Gasteiger charge is 2.29. The molecule has 3 aromatic rings. The molecule has 8 nitrogen and oxygen atoms in total. The molecule has 0 aromatic carbocycles. The minimum absolute atomic E-state index is 0.240. The van der Waals surface area contributed by atoms with Crippen molar-refractivity contribution in [3.63, 3.8) is 0 Å². The lowest BCUT2D eigenvalue weighted by atomic mass is 10.3. The molecule has 0 spiro atoms. The fraction of sp³-hybridized carbons (Fsp3) is 0.333. The van der Waals surface area contributed by atoms with E-state index in [0.717, 1.165) is 18.7 Å². The highest BCUT2D eigenvalue weighted by molar-refractivity contribution is 6.05. The summed E-state index contributed by atoms with van der Waals surface area (Å²) in [6, 6.07) is 4.21. The van der Waals surface area contributed by atoms with Gasteiger partial charge in [0.25, 0.3) is 5.91 Å². The van der Waals surface area contributed by atoms with Gasteiger partial charge < -0.3 is 4.57 Å². The molecule has 23 heavy (non-hydrogen) atoms. The predicted octanol–water partition coefficient (Wildman–Crippen LogP) is 1.70. The minimum Gasteiger partial charge on any atom is -0.308 e. The van der Waals surface area contributed by atoms with Gasteiger partial charge in [-0.1, -0.05) is 0 Å². The molecule has 3 heterocycles. The Labute approximate surface area is 132 Å². The van der Waals surface area contributed by atoms with Crippen molar-refractivity contribution in [1.82, 2.24) is 29.1 Å². The first kappa shape index (κ1) is 13.7. The van der Waals surface area contributed by atoms with Crippen molar-refractivity contribution in [2.24, 2.45) is 7.05 Å². The van der Waals surface area contributed by atoms with Crippen LogP contribution in [-0.4, -0.2) is 35.0 Å². The predicted molar refractivity (Wildman–Crippen MR) is 83.5 cm³/mol. The van der Waals surface area contributed by atoms with Crippen LogP contribution >= 0.6 is 0 Å². The first-order valence-electron chi connectivity index (χ1n) is 7.53. The van der Waals surface area contributed by atoms with Crippen molar-refractivity contribution in [1.29, 1.82) is 0 Å². The molecule has 118 valence electrons. The number of carbonyl (C=O) groups is 1. The Bertz CT molecular complexity index is 855. The average Bonchev–Trinajstić information content (AvgIpc) is 2.94. The monoisotopic (exact) mass is 311 g/mol. The number of amides is 1. The third-order valence-corrected chi connectivity index (χ3v) is 4.00. The Kier molecular flexibility index (Phi) is 3.03. The number of aryl methyl sites for hydroxylation is 2. The summed E-state index contributed by atoms with van der Waals surface area (Å²) in [6.45, 7) is 1.90. The van der Waals surface area contributed by atoms with Crippen LogP contribution in [0, 0.1) is 6.92 Å². The number of nitrogens with zero attached hydrogens (tertiary/aromatic N) is 6. The molecule has 0 saturated heterocycles. The highest BCUT2D eigenvalue weighted by Crippen LogP contribution is 2.37. The van der Waals surface area contributed by atoms with Crippen LogP contribution in [0.15, 0.2) is 30.7 Å².